The molecule has 1 atom stereocenters. The number of halogens is 1. The summed E-state index contributed by atoms with van der Waals surface area (Å²) < 4.78 is 26.8. The van der Waals surface area contributed by atoms with E-state index < -0.39 is 11.9 Å². The molecule has 2 heterocycles. The Labute approximate surface area is 239 Å². The summed E-state index contributed by atoms with van der Waals surface area (Å²) >= 11 is 0. The highest BCUT2D eigenvalue weighted by Crippen LogP contribution is 2.32. The molecule has 4 amide bonds. The quantitative estimate of drug-likeness (QED) is 0.151. The van der Waals surface area contributed by atoms with Crippen LogP contribution in [0.15, 0.2) is 18.2 Å². The molecule has 1 aromatic rings. The lowest BCUT2D eigenvalue weighted by molar-refractivity contribution is -0.137. The SMILES string of the molecule is Cl.NCCOCCOCCOCCOCCOCCC(=O)Nc1cccc2c1CN(C1CCC(=O)NC1=O)C2=O. The van der Waals surface area contributed by atoms with Crippen molar-refractivity contribution in [2.45, 2.75) is 31.8 Å². The fraction of sp³-hybridized carbons (Fsp3) is 0.615. The molecule has 1 unspecified atom stereocenters. The van der Waals surface area contributed by atoms with Crippen LogP contribution in [0.3, 0.4) is 0 Å². The Kier molecular flexibility index (Phi) is 15.6. The summed E-state index contributed by atoms with van der Waals surface area (Å²) in [6.07, 6.45) is 0.595. The Bertz CT molecular complexity index is 981. The van der Waals surface area contributed by atoms with Gasteiger partial charge in [-0.2, -0.15) is 0 Å². The Morgan fingerprint density at radius 3 is 2.05 bits per heavy atom. The highest BCUT2D eigenvalue weighted by Gasteiger charge is 2.39. The second-order valence-electron chi connectivity index (χ2n) is 8.88. The van der Waals surface area contributed by atoms with Gasteiger partial charge >= 0.3 is 0 Å². The van der Waals surface area contributed by atoms with Crippen LogP contribution < -0.4 is 16.4 Å². The number of carbonyl (C=O) groups is 4. The maximum absolute atomic E-state index is 12.9. The largest absolute Gasteiger partial charge is 0.379 e. The van der Waals surface area contributed by atoms with Gasteiger partial charge in [0.05, 0.1) is 72.5 Å². The van der Waals surface area contributed by atoms with Gasteiger partial charge in [-0.1, -0.05) is 6.07 Å². The molecule has 2 aliphatic heterocycles. The van der Waals surface area contributed by atoms with Crippen molar-refractivity contribution in [2.24, 2.45) is 5.73 Å². The number of nitrogens with zero attached hydrogens (tertiary/aromatic N) is 1. The molecular formula is C26H39ClN4O9. The van der Waals surface area contributed by atoms with Crippen LogP contribution >= 0.6 is 12.4 Å². The first-order chi connectivity index (χ1) is 19.0. The van der Waals surface area contributed by atoms with Crippen LogP contribution in [-0.4, -0.2) is 107 Å². The zero-order chi connectivity index (χ0) is 27.9. The summed E-state index contributed by atoms with van der Waals surface area (Å²) in [5, 5.41) is 5.12. The first kappa shape index (κ1) is 33.6. The Balaban J connectivity index is 0.00000560. The second kappa shape index (κ2) is 18.7. The van der Waals surface area contributed by atoms with Gasteiger partial charge in [0.15, 0.2) is 0 Å². The van der Waals surface area contributed by atoms with Crippen molar-refractivity contribution in [3.8, 4) is 0 Å². The zero-order valence-corrected chi connectivity index (χ0v) is 23.3. The van der Waals surface area contributed by atoms with E-state index in [0.717, 1.165) is 0 Å². The van der Waals surface area contributed by atoms with Crippen LogP contribution in [-0.2, 0) is 44.6 Å². The average Bonchev–Trinajstić information content (AvgIpc) is 3.25. The van der Waals surface area contributed by atoms with Gasteiger partial charge < -0.3 is 39.6 Å². The van der Waals surface area contributed by atoms with Crippen molar-refractivity contribution in [1.82, 2.24) is 10.2 Å². The molecule has 1 aromatic carbocycles. The average molecular weight is 587 g/mol. The molecule has 2 aliphatic rings. The predicted octanol–water partition coefficient (Wildman–Crippen LogP) is 0.240. The highest BCUT2D eigenvalue weighted by molar-refractivity contribution is 6.06. The van der Waals surface area contributed by atoms with Gasteiger partial charge in [0.2, 0.25) is 17.7 Å². The monoisotopic (exact) mass is 586 g/mol. The lowest BCUT2D eigenvalue weighted by atomic mass is 10.0. The summed E-state index contributed by atoms with van der Waals surface area (Å²) in [5.74, 6) is -1.35. The lowest BCUT2D eigenvalue weighted by Gasteiger charge is -2.29. The van der Waals surface area contributed by atoms with E-state index in [9.17, 15) is 19.2 Å². The van der Waals surface area contributed by atoms with Crippen LogP contribution in [0.2, 0.25) is 0 Å². The van der Waals surface area contributed by atoms with E-state index in [-0.39, 0.29) is 62.5 Å². The van der Waals surface area contributed by atoms with Crippen LogP contribution in [0, 0.1) is 0 Å². The standard InChI is InChI=1S/C26H38N4O9.ClH/c27-7-9-36-11-13-38-15-17-39-16-14-37-12-10-35-8-6-24(32)28-21-3-1-2-19-20(21)18-30(26(19)34)22-4-5-23(31)29-25(22)33;/h1-3,22H,4-18,27H2,(H,28,32)(H,29,31,33);1H. The highest BCUT2D eigenvalue weighted by atomic mass is 35.5. The third-order valence-electron chi connectivity index (χ3n) is 6.08. The van der Waals surface area contributed by atoms with E-state index in [1.54, 1.807) is 18.2 Å². The molecule has 14 heteroatoms. The summed E-state index contributed by atoms with van der Waals surface area (Å²) in [4.78, 5) is 50.5. The molecule has 0 saturated carbocycles. The molecular weight excluding hydrogens is 548 g/mol. The van der Waals surface area contributed by atoms with Gasteiger partial charge in [-0.25, -0.2) is 0 Å². The Morgan fingerprint density at radius 2 is 1.48 bits per heavy atom. The van der Waals surface area contributed by atoms with Crippen molar-refractivity contribution in [1.29, 1.82) is 0 Å². The first-order valence-corrected chi connectivity index (χ1v) is 13.2. The molecule has 0 aliphatic carbocycles. The van der Waals surface area contributed by atoms with Crippen LogP contribution in [0.4, 0.5) is 5.69 Å². The fourth-order valence-electron chi connectivity index (χ4n) is 4.15. The minimum Gasteiger partial charge on any atom is -0.379 e. The minimum absolute atomic E-state index is 0. The molecule has 0 radical (unpaired) electrons. The number of fused-ring (bicyclic) bond motifs is 1. The van der Waals surface area contributed by atoms with E-state index in [0.29, 0.717) is 82.8 Å². The molecule has 4 N–H and O–H groups in total. The van der Waals surface area contributed by atoms with Gasteiger partial charge in [0, 0.05) is 36.3 Å². The predicted molar refractivity (Wildman–Crippen MR) is 146 cm³/mol. The van der Waals surface area contributed by atoms with Crippen molar-refractivity contribution in [3.63, 3.8) is 0 Å². The Morgan fingerprint density at radius 1 is 0.900 bits per heavy atom. The van der Waals surface area contributed by atoms with Gasteiger partial charge in [0.1, 0.15) is 6.04 Å². The molecule has 1 fully saturated rings. The first-order valence-electron chi connectivity index (χ1n) is 13.2. The summed E-state index contributed by atoms with van der Waals surface area (Å²) in [7, 11) is 0. The maximum Gasteiger partial charge on any atom is 0.255 e. The number of rotatable bonds is 19. The molecule has 224 valence electrons. The van der Waals surface area contributed by atoms with Crippen LogP contribution in [0.25, 0.3) is 0 Å². The van der Waals surface area contributed by atoms with Crippen molar-refractivity contribution in [2.75, 3.05) is 77.9 Å². The number of nitrogens with two attached hydrogens (primary N) is 1. The van der Waals surface area contributed by atoms with Gasteiger partial charge in [-0.05, 0) is 18.6 Å². The number of amides is 4. The topological polar surface area (TPSA) is 168 Å². The molecule has 13 nitrogen and oxygen atoms in total. The van der Waals surface area contributed by atoms with E-state index in [1.165, 1.54) is 4.90 Å². The van der Waals surface area contributed by atoms with Crippen molar-refractivity contribution in [3.05, 3.63) is 29.3 Å². The van der Waals surface area contributed by atoms with E-state index in [2.05, 4.69) is 10.6 Å². The van der Waals surface area contributed by atoms with Crippen LogP contribution in [0.1, 0.15) is 35.2 Å². The number of carbonyl (C=O) groups excluding carboxylic acids is 4. The molecule has 1 saturated heterocycles. The molecule has 40 heavy (non-hydrogen) atoms. The third-order valence-corrected chi connectivity index (χ3v) is 6.08. The van der Waals surface area contributed by atoms with E-state index in [4.69, 9.17) is 29.4 Å². The van der Waals surface area contributed by atoms with Crippen LogP contribution in [0.5, 0.6) is 0 Å². The summed E-state index contributed by atoms with van der Waals surface area (Å²) in [6, 6.07) is 4.37. The van der Waals surface area contributed by atoms with E-state index in [1.807, 2.05) is 0 Å². The summed E-state index contributed by atoms with van der Waals surface area (Å²) in [6.45, 7) is 5.00. The number of piperidine rings is 1. The number of anilines is 1. The normalized spacial score (nSPS) is 16.5. The van der Waals surface area contributed by atoms with Gasteiger partial charge in [-0.15, -0.1) is 12.4 Å². The minimum atomic E-state index is -0.709. The number of ether oxygens (including phenoxy) is 5. The van der Waals surface area contributed by atoms with Crippen molar-refractivity contribution < 1.29 is 42.9 Å². The molecule has 0 spiro atoms. The smallest absolute Gasteiger partial charge is 0.255 e. The lowest BCUT2D eigenvalue weighted by Crippen LogP contribution is -2.52. The zero-order valence-electron chi connectivity index (χ0n) is 22.5. The molecule has 0 aromatic heterocycles. The molecule has 3 rings (SSSR count). The van der Waals surface area contributed by atoms with E-state index >= 15 is 0 Å². The maximum atomic E-state index is 12.9. The number of nitrogens with one attached hydrogen (secondary N) is 2. The third kappa shape index (κ3) is 10.7. The second-order valence-corrected chi connectivity index (χ2v) is 8.88. The number of hydrogen-bond acceptors (Lipinski definition) is 10. The number of benzene rings is 1. The number of hydrogen-bond donors (Lipinski definition) is 3. The van der Waals surface area contributed by atoms with Gasteiger partial charge in [0.25, 0.3) is 5.91 Å². The Hall–Kier alpha value is -2.65. The van der Waals surface area contributed by atoms with Crippen molar-refractivity contribution >= 4 is 41.7 Å². The fourth-order valence-corrected chi connectivity index (χ4v) is 4.15. The summed E-state index contributed by atoms with van der Waals surface area (Å²) in [5.41, 5.74) is 6.94. The van der Waals surface area contributed by atoms with Gasteiger partial charge in [-0.3, -0.25) is 24.5 Å². The number of imide groups is 1. The molecule has 0 bridgehead atoms.